The highest BCUT2D eigenvalue weighted by Gasteiger charge is 2.41. The maximum atomic E-state index is 13.7. The number of carbonyl (C=O) groups excluding carboxylic acids is 1. The third-order valence-electron chi connectivity index (χ3n) is 5.99. The van der Waals surface area contributed by atoms with Crippen molar-refractivity contribution in [2.45, 2.75) is 38.3 Å². The Morgan fingerprint density at radius 1 is 1.21 bits per heavy atom. The van der Waals surface area contributed by atoms with Crippen LogP contribution >= 0.6 is 0 Å². The van der Waals surface area contributed by atoms with Crippen molar-refractivity contribution in [1.82, 2.24) is 9.78 Å². The molecule has 3 aromatic rings. The first kappa shape index (κ1) is 22.8. The van der Waals surface area contributed by atoms with E-state index in [9.17, 15) is 22.4 Å². The number of fused-ring (bicyclic) bond motifs is 1. The van der Waals surface area contributed by atoms with E-state index in [1.54, 1.807) is 18.2 Å². The number of aromatic nitrogens is 2. The van der Waals surface area contributed by atoms with Crippen LogP contribution < -0.4 is 9.64 Å². The Balaban J connectivity index is 1.73. The summed E-state index contributed by atoms with van der Waals surface area (Å²) in [5.41, 5.74) is 0.957. The fraction of sp³-hybridized carbons (Fsp3) is 0.333. The summed E-state index contributed by atoms with van der Waals surface area (Å²) in [6, 6.07) is 10.4. The second kappa shape index (κ2) is 8.53. The first-order chi connectivity index (χ1) is 15.6. The lowest BCUT2D eigenvalue weighted by Gasteiger charge is -2.22. The molecule has 0 saturated carbocycles. The summed E-state index contributed by atoms with van der Waals surface area (Å²) in [5, 5.41) is 3.93. The van der Waals surface area contributed by atoms with Crippen molar-refractivity contribution in [3.63, 3.8) is 0 Å². The number of halogens is 4. The van der Waals surface area contributed by atoms with Crippen LogP contribution in [0.2, 0.25) is 0 Å². The van der Waals surface area contributed by atoms with Crippen LogP contribution in [0.25, 0.3) is 5.69 Å². The fourth-order valence-electron chi connectivity index (χ4n) is 4.30. The molecule has 0 bridgehead atoms. The number of hydrogen-bond donors (Lipinski definition) is 0. The van der Waals surface area contributed by atoms with Crippen LogP contribution in [-0.4, -0.2) is 29.8 Å². The van der Waals surface area contributed by atoms with Crippen LogP contribution in [0.15, 0.2) is 42.5 Å². The Morgan fingerprint density at radius 2 is 1.97 bits per heavy atom. The predicted octanol–water partition coefficient (Wildman–Crippen LogP) is 5.76. The number of ether oxygens (including phenoxy) is 1. The van der Waals surface area contributed by atoms with Gasteiger partial charge in [0.25, 0.3) is 5.91 Å². The topological polar surface area (TPSA) is 47.4 Å². The summed E-state index contributed by atoms with van der Waals surface area (Å²) < 4.78 is 61.0. The first-order valence-electron chi connectivity index (χ1n) is 10.5. The summed E-state index contributed by atoms with van der Waals surface area (Å²) >= 11 is 0. The fourth-order valence-corrected chi connectivity index (χ4v) is 4.30. The van der Waals surface area contributed by atoms with Gasteiger partial charge in [-0.05, 0) is 55.5 Å². The van der Waals surface area contributed by atoms with Crippen LogP contribution in [-0.2, 0) is 12.6 Å². The van der Waals surface area contributed by atoms with Crippen LogP contribution in [0.4, 0.5) is 23.2 Å². The van der Waals surface area contributed by atoms with Gasteiger partial charge in [0.05, 0.1) is 18.5 Å². The summed E-state index contributed by atoms with van der Waals surface area (Å²) in [6.07, 6.45) is -2.79. The minimum atomic E-state index is -4.55. The van der Waals surface area contributed by atoms with Gasteiger partial charge in [-0.25, -0.2) is 9.07 Å². The van der Waals surface area contributed by atoms with E-state index in [-0.39, 0.29) is 22.8 Å². The Hall–Kier alpha value is -3.36. The number of benzene rings is 2. The van der Waals surface area contributed by atoms with Gasteiger partial charge in [-0.3, -0.25) is 4.79 Å². The highest BCUT2D eigenvalue weighted by molar-refractivity contribution is 6.06. The highest BCUT2D eigenvalue weighted by atomic mass is 19.4. The molecule has 4 rings (SSSR count). The zero-order valence-corrected chi connectivity index (χ0v) is 18.4. The molecule has 1 unspecified atom stereocenters. The van der Waals surface area contributed by atoms with E-state index < -0.39 is 23.6 Å². The van der Waals surface area contributed by atoms with Crippen LogP contribution in [0, 0.1) is 5.82 Å². The molecule has 1 amide bonds. The lowest BCUT2D eigenvalue weighted by molar-refractivity contribution is -0.142. The zero-order valence-electron chi connectivity index (χ0n) is 18.4. The number of nitrogens with zero attached hydrogens (tertiary/aromatic N) is 3. The molecule has 0 saturated heterocycles. The predicted molar refractivity (Wildman–Crippen MR) is 116 cm³/mol. The molecule has 1 aliphatic rings. The number of alkyl halides is 3. The first-order valence-corrected chi connectivity index (χ1v) is 10.5. The van der Waals surface area contributed by atoms with E-state index in [2.05, 4.69) is 5.10 Å². The molecule has 1 aliphatic carbocycles. The van der Waals surface area contributed by atoms with Crippen molar-refractivity contribution >= 4 is 11.6 Å². The van der Waals surface area contributed by atoms with E-state index in [0.29, 0.717) is 29.9 Å². The van der Waals surface area contributed by atoms with Crippen LogP contribution in [0.3, 0.4) is 0 Å². The van der Waals surface area contributed by atoms with E-state index in [4.69, 9.17) is 4.74 Å². The maximum Gasteiger partial charge on any atom is 0.435 e. The van der Waals surface area contributed by atoms with Gasteiger partial charge in [-0.15, -0.1) is 0 Å². The number of hydrogen-bond acceptors (Lipinski definition) is 3. The van der Waals surface area contributed by atoms with Crippen molar-refractivity contribution in [2.24, 2.45) is 0 Å². The maximum absolute atomic E-state index is 13.7. The number of methoxy groups -OCH3 is 1. The third-order valence-corrected chi connectivity index (χ3v) is 5.99. The molecule has 0 fully saturated rings. The van der Waals surface area contributed by atoms with Gasteiger partial charge in [0.15, 0.2) is 17.3 Å². The lowest BCUT2D eigenvalue weighted by atomic mass is 9.87. The van der Waals surface area contributed by atoms with Crippen LogP contribution in [0.5, 0.6) is 5.75 Å². The average molecular weight is 461 g/mol. The van der Waals surface area contributed by atoms with Crippen molar-refractivity contribution in [1.29, 1.82) is 0 Å². The Labute approximate surface area is 188 Å². The lowest BCUT2D eigenvalue weighted by Crippen LogP contribution is -2.26. The number of rotatable bonds is 4. The van der Waals surface area contributed by atoms with E-state index in [1.165, 1.54) is 48.0 Å². The number of anilines is 1. The minimum Gasteiger partial charge on any atom is -0.494 e. The average Bonchev–Trinajstić information content (AvgIpc) is 3.20. The second-order valence-corrected chi connectivity index (χ2v) is 8.15. The molecule has 2 aromatic carbocycles. The molecule has 0 aliphatic heterocycles. The molecule has 0 radical (unpaired) electrons. The SMILES string of the molecule is COc1cc(N(C)C(=O)c2cccc(-n3nc(C(F)(F)F)c4c3C(C)CCC4)c2)ccc1F. The molecular formula is C24H23F4N3O2. The smallest absolute Gasteiger partial charge is 0.435 e. The monoisotopic (exact) mass is 461 g/mol. The molecule has 1 aromatic heterocycles. The summed E-state index contributed by atoms with van der Waals surface area (Å²) in [4.78, 5) is 14.4. The number of carbonyl (C=O) groups is 1. The normalized spacial score (nSPS) is 15.8. The molecular weight excluding hydrogens is 438 g/mol. The third kappa shape index (κ3) is 4.19. The summed E-state index contributed by atoms with van der Waals surface area (Å²) in [7, 11) is 2.86. The van der Waals surface area contributed by atoms with E-state index >= 15 is 0 Å². The summed E-state index contributed by atoms with van der Waals surface area (Å²) in [5.74, 6) is -1.05. The Bertz CT molecular complexity index is 1200. The quantitative estimate of drug-likeness (QED) is 0.465. The van der Waals surface area contributed by atoms with Crippen LogP contribution in [0.1, 0.15) is 53.0 Å². The number of amides is 1. The molecule has 33 heavy (non-hydrogen) atoms. The molecule has 9 heteroatoms. The van der Waals surface area contributed by atoms with Gasteiger partial charge in [0.2, 0.25) is 0 Å². The largest absolute Gasteiger partial charge is 0.494 e. The molecule has 0 spiro atoms. The summed E-state index contributed by atoms with van der Waals surface area (Å²) in [6.45, 7) is 1.89. The standard InChI is InChI=1S/C24H23F4N3O2/c1-14-6-4-9-18-21(14)31(29-22(18)24(26,27)28)17-8-5-7-15(12-17)23(32)30(2)16-10-11-19(25)20(13-16)33-3/h5,7-8,10-14H,4,6,9H2,1-3H3. The van der Waals surface area contributed by atoms with Gasteiger partial charge in [-0.1, -0.05) is 13.0 Å². The van der Waals surface area contributed by atoms with Gasteiger partial charge in [-0.2, -0.15) is 18.3 Å². The molecule has 5 nitrogen and oxygen atoms in total. The molecule has 1 heterocycles. The van der Waals surface area contributed by atoms with E-state index in [0.717, 1.165) is 6.42 Å². The van der Waals surface area contributed by atoms with Gasteiger partial charge in [0.1, 0.15) is 0 Å². The van der Waals surface area contributed by atoms with E-state index in [1.807, 2.05) is 6.92 Å². The van der Waals surface area contributed by atoms with Crippen molar-refractivity contribution in [2.75, 3.05) is 19.1 Å². The van der Waals surface area contributed by atoms with Gasteiger partial charge in [0, 0.05) is 29.9 Å². The Kier molecular flexibility index (Phi) is 5.90. The zero-order chi connectivity index (χ0) is 23.9. The van der Waals surface area contributed by atoms with Crippen molar-refractivity contribution in [3.05, 3.63) is 70.8 Å². The highest BCUT2D eigenvalue weighted by Crippen LogP contribution is 2.40. The van der Waals surface area contributed by atoms with Gasteiger partial charge < -0.3 is 9.64 Å². The van der Waals surface area contributed by atoms with Gasteiger partial charge >= 0.3 is 6.18 Å². The molecule has 0 N–H and O–H groups in total. The second-order valence-electron chi connectivity index (χ2n) is 8.15. The van der Waals surface area contributed by atoms with Crippen molar-refractivity contribution in [3.8, 4) is 11.4 Å². The molecule has 174 valence electrons. The minimum absolute atomic E-state index is 0.00209. The molecule has 1 atom stereocenters. The Morgan fingerprint density at radius 3 is 2.67 bits per heavy atom. The van der Waals surface area contributed by atoms with Crippen molar-refractivity contribution < 1.29 is 27.1 Å².